The number of aryl methyl sites for hydroxylation is 1. The van der Waals surface area contributed by atoms with Crippen LogP contribution in [-0.2, 0) is 6.42 Å². The number of nitrogens with zero attached hydrogens (tertiary/aromatic N) is 4. The van der Waals surface area contributed by atoms with Crippen molar-refractivity contribution < 1.29 is 9.47 Å². The summed E-state index contributed by atoms with van der Waals surface area (Å²) in [6.45, 7) is 4.61. The molecule has 0 fully saturated rings. The monoisotopic (exact) mass is 372 g/mol. The van der Waals surface area contributed by atoms with Gasteiger partial charge in [0, 0.05) is 29.7 Å². The molecule has 0 unspecified atom stereocenters. The molecule has 1 aromatic carbocycles. The van der Waals surface area contributed by atoms with E-state index in [9.17, 15) is 0 Å². The van der Waals surface area contributed by atoms with E-state index in [1.54, 1.807) is 24.7 Å². The number of pyridine rings is 2. The van der Waals surface area contributed by atoms with Gasteiger partial charge in [0.05, 0.1) is 12.1 Å². The van der Waals surface area contributed by atoms with Crippen LogP contribution in [0.25, 0.3) is 22.4 Å². The molecule has 4 aromatic rings. The van der Waals surface area contributed by atoms with Crippen LogP contribution in [0.4, 0.5) is 0 Å². The zero-order valence-corrected chi connectivity index (χ0v) is 15.8. The van der Waals surface area contributed by atoms with E-state index >= 15 is 0 Å². The van der Waals surface area contributed by atoms with Crippen LogP contribution in [0.3, 0.4) is 0 Å². The minimum absolute atomic E-state index is 0.529. The Morgan fingerprint density at radius 1 is 0.857 bits per heavy atom. The molecular formula is C22H20N4O2. The van der Waals surface area contributed by atoms with Gasteiger partial charge in [0.25, 0.3) is 0 Å². The van der Waals surface area contributed by atoms with Gasteiger partial charge in [-0.1, -0.05) is 6.92 Å². The van der Waals surface area contributed by atoms with E-state index in [1.165, 1.54) is 0 Å². The highest BCUT2D eigenvalue weighted by molar-refractivity contribution is 5.86. The zero-order valence-electron chi connectivity index (χ0n) is 15.8. The zero-order chi connectivity index (χ0) is 19.3. The molecule has 0 saturated heterocycles. The second-order valence-corrected chi connectivity index (χ2v) is 6.10. The van der Waals surface area contributed by atoms with Gasteiger partial charge in [-0.3, -0.25) is 4.98 Å². The van der Waals surface area contributed by atoms with Crippen molar-refractivity contribution in [3.8, 4) is 28.8 Å². The SMILES string of the molecule is CCOc1ccc2nccc(Oc3ccc(CC)nc3-c3ncccn3)c2c1. The van der Waals surface area contributed by atoms with Crippen LogP contribution in [0, 0.1) is 0 Å². The molecule has 6 heteroatoms. The van der Waals surface area contributed by atoms with Crippen molar-refractivity contribution in [1.82, 2.24) is 19.9 Å². The summed E-state index contributed by atoms with van der Waals surface area (Å²) in [5.74, 6) is 2.58. The lowest BCUT2D eigenvalue weighted by atomic mass is 10.2. The molecule has 140 valence electrons. The molecule has 0 bridgehead atoms. The first-order valence-electron chi connectivity index (χ1n) is 9.25. The Morgan fingerprint density at radius 2 is 1.71 bits per heavy atom. The van der Waals surface area contributed by atoms with E-state index in [1.807, 2.05) is 43.3 Å². The molecule has 3 heterocycles. The van der Waals surface area contributed by atoms with E-state index in [0.717, 1.165) is 28.8 Å². The van der Waals surface area contributed by atoms with Crippen LogP contribution in [0.5, 0.6) is 17.2 Å². The third-order valence-corrected chi connectivity index (χ3v) is 4.26. The number of fused-ring (bicyclic) bond motifs is 1. The van der Waals surface area contributed by atoms with Crippen LogP contribution >= 0.6 is 0 Å². The molecule has 0 N–H and O–H groups in total. The Hall–Kier alpha value is -3.54. The highest BCUT2D eigenvalue weighted by Gasteiger charge is 2.14. The lowest BCUT2D eigenvalue weighted by Crippen LogP contribution is -1.99. The lowest BCUT2D eigenvalue weighted by molar-refractivity contribution is 0.340. The lowest BCUT2D eigenvalue weighted by Gasteiger charge is -2.13. The fourth-order valence-electron chi connectivity index (χ4n) is 2.91. The van der Waals surface area contributed by atoms with Crippen LogP contribution in [-0.4, -0.2) is 26.5 Å². The molecule has 0 radical (unpaired) electrons. The van der Waals surface area contributed by atoms with Crippen LogP contribution in [0.1, 0.15) is 19.5 Å². The molecule has 3 aromatic heterocycles. The highest BCUT2D eigenvalue weighted by atomic mass is 16.5. The molecule has 0 aliphatic carbocycles. The summed E-state index contributed by atoms with van der Waals surface area (Å²) in [5.41, 5.74) is 2.40. The highest BCUT2D eigenvalue weighted by Crippen LogP contribution is 2.35. The van der Waals surface area contributed by atoms with Gasteiger partial charge in [-0.25, -0.2) is 15.0 Å². The van der Waals surface area contributed by atoms with Crippen molar-refractivity contribution in [2.45, 2.75) is 20.3 Å². The quantitative estimate of drug-likeness (QED) is 0.482. The van der Waals surface area contributed by atoms with Gasteiger partial charge in [0.1, 0.15) is 11.5 Å². The summed E-state index contributed by atoms with van der Waals surface area (Å²) in [6, 6.07) is 13.2. The van der Waals surface area contributed by atoms with Crippen molar-refractivity contribution in [2.24, 2.45) is 0 Å². The number of benzene rings is 1. The van der Waals surface area contributed by atoms with E-state index in [-0.39, 0.29) is 0 Å². The van der Waals surface area contributed by atoms with Crippen molar-refractivity contribution >= 4 is 10.9 Å². The summed E-state index contributed by atoms with van der Waals surface area (Å²) in [7, 11) is 0. The Bertz CT molecular complexity index is 1100. The predicted octanol–water partition coefficient (Wildman–Crippen LogP) is 4.84. The van der Waals surface area contributed by atoms with Gasteiger partial charge in [-0.15, -0.1) is 0 Å². The smallest absolute Gasteiger partial charge is 0.181 e. The Labute approximate surface area is 163 Å². The Morgan fingerprint density at radius 3 is 2.50 bits per heavy atom. The number of aromatic nitrogens is 4. The summed E-state index contributed by atoms with van der Waals surface area (Å²) in [6.07, 6.45) is 5.94. The first-order chi connectivity index (χ1) is 13.8. The number of rotatable bonds is 6. The predicted molar refractivity (Wildman–Crippen MR) is 108 cm³/mol. The maximum absolute atomic E-state index is 6.27. The average molecular weight is 372 g/mol. The van der Waals surface area contributed by atoms with Gasteiger partial charge in [0.2, 0.25) is 0 Å². The number of hydrogen-bond acceptors (Lipinski definition) is 6. The minimum Gasteiger partial charge on any atom is -0.494 e. The summed E-state index contributed by atoms with van der Waals surface area (Å²) < 4.78 is 11.9. The van der Waals surface area contributed by atoms with E-state index in [2.05, 4.69) is 21.9 Å². The van der Waals surface area contributed by atoms with Gasteiger partial charge >= 0.3 is 0 Å². The third kappa shape index (κ3) is 3.62. The third-order valence-electron chi connectivity index (χ3n) is 4.26. The van der Waals surface area contributed by atoms with Crippen molar-refractivity contribution in [2.75, 3.05) is 6.61 Å². The number of hydrogen-bond donors (Lipinski definition) is 0. The minimum atomic E-state index is 0.529. The fourth-order valence-corrected chi connectivity index (χ4v) is 2.91. The standard InChI is InChI=1S/C22H20N4O2/c1-3-15-6-9-20(21(26-15)22-24-11-5-12-25-22)28-19-10-13-23-18-8-7-16(27-4-2)14-17(18)19/h5-14H,3-4H2,1-2H3. The second kappa shape index (κ2) is 8.00. The van der Waals surface area contributed by atoms with Gasteiger partial charge in [0.15, 0.2) is 17.3 Å². The molecule has 4 rings (SSSR count). The maximum atomic E-state index is 6.27. The van der Waals surface area contributed by atoms with Gasteiger partial charge in [-0.2, -0.15) is 0 Å². The molecule has 28 heavy (non-hydrogen) atoms. The summed E-state index contributed by atoms with van der Waals surface area (Å²) in [4.78, 5) is 17.8. The normalized spacial score (nSPS) is 10.8. The molecule has 0 aliphatic rings. The van der Waals surface area contributed by atoms with E-state index in [4.69, 9.17) is 14.5 Å². The fraction of sp³-hybridized carbons (Fsp3) is 0.182. The number of ether oxygens (including phenoxy) is 2. The summed E-state index contributed by atoms with van der Waals surface area (Å²) >= 11 is 0. The maximum Gasteiger partial charge on any atom is 0.181 e. The Balaban J connectivity index is 1.80. The van der Waals surface area contributed by atoms with Crippen LogP contribution in [0.15, 0.2) is 61.1 Å². The van der Waals surface area contributed by atoms with Gasteiger partial charge in [-0.05, 0) is 55.8 Å². The van der Waals surface area contributed by atoms with Crippen LogP contribution in [0.2, 0.25) is 0 Å². The van der Waals surface area contributed by atoms with E-state index < -0.39 is 0 Å². The van der Waals surface area contributed by atoms with Gasteiger partial charge < -0.3 is 9.47 Å². The molecule has 0 spiro atoms. The largest absolute Gasteiger partial charge is 0.494 e. The topological polar surface area (TPSA) is 70.0 Å². The van der Waals surface area contributed by atoms with E-state index in [0.29, 0.717) is 29.6 Å². The average Bonchev–Trinajstić information content (AvgIpc) is 2.75. The molecule has 0 saturated carbocycles. The molecule has 0 atom stereocenters. The Kier molecular flexibility index (Phi) is 5.10. The van der Waals surface area contributed by atoms with Crippen molar-refractivity contribution in [1.29, 1.82) is 0 Å². The molecule has 6 nitrogen and oxygen atoms in total. The first kappa shape index (κ1) is 17.9. The first-order valence-corrected chi connectivity index (χ1v) is 9.25. The summed E-state index contributed by atoms with van der Waals surface area (Å²) in [5, 5.41) is 0.868. The van der Waals surface area contributed by atoms with Crippen LogP contribution < -0.4 is 9.47 Å². The van der Waals surface area contributed by atoms with Crippen molar-refractivity contribution in [3.05, 3.63) is 66.7 Å². The molecule has 0 aliphatic heterocycles. The molecular weight excluding hydrogens is 352 g/mol. The second-order valence-electron chi connectivity index (χ2n) is 6.10. The molecule has 0 amide bonds. The van der Waals surface area contributed by atoms with Crippen molar-refractivity contribution in [3.63, 3.8) is 0 Å².